The van der Waals surface area contributed by atoms with Crippen LogP contribution in [0.5, 0.6) is 0 Å². The second-order valence-electron chi connectivity index (χ2n) is 4.37. The summed E-state index contributed by atoms with van der Waals surface area (Å²) in [5, 5.41) is 3.12. The number of anilines is 1. The van der Waals surface area contributed by atoms with Crippen molar-refractivity contribution in [3.05, 3.63) is 59.1 Å². The number of thioether (sulfide) groups is 1. The molecular formula is C15H11ClF3NOS. The van der Waals surface area contributed by atoms with E-state index in [-0.39, 0.29) is 11.7 Å². The van der Waals surface area contributed by atoms with Gasteiger partial charge in [-0.25, -0.2) is 0 Å². The van der Waals surface area contributed by atoms with Crippen molar-refractivity contribution < 1.29 is 18.0 Å². The average Bonchev–Trinajstić information content (AvgIpc) is 2.45. The molecule has 0 atom stereocenters. The van der Waals surface area contributed by atoms with Crippen LogP contribution in [0.2, 0.25) is 5.02 Å². The third-order valence-corrected chi connectivity index (χ3v) is 3.87. The van der Waals surface area contributed by atoms with Crippen molar-refractivity contribution in [2.45, 2.75) is 11.1 Å². The first-order valence-corrected chi connectivity index (χ1v) is 7.56. The van der Waals surface area contributed by atoms with Crippen LogP contribution in [0.25, 0.3) is 0 Å². The van der Waals surface area contributed by atoms with Gasteiger partial charge in [-0.3, -0.25) is 4.79 Å². The standard InChI is InChI=1S/C15H11ClF3NOS/c16-11-4-2-5-12(8-11)20-14(21)9-22-13-6-1-3-10(7-13)15(17,18)19/h1-8H,9H2,(H,20,21). The third-order valence-electron chi connectivity index (χ3n) is 2.64. The molecule has 2 rings (SSSR count). The summed E-state index contributed by atoms with van der Waals surface area (Å²) in [5.74, 6) is -0.307. The molecule has 0 fully saturated rings. The summed E-state index contributed by atoms with van der Waals surface area (Å²) in [4.78, 5) is 12.2. The molecule has 2 aromatic carbocycles. The van der Waals surface area contributed by atoms with E-state index in [0.717, 1.165) is 23.9 Å². The predicted octanol–water partition coefficient (Wildman–Crippen LogP) is 5.09. The zero-order chi connectivity index (χ0) is 16.2. The van der Waals surface area contributed by atoms with Gasteiger partial charge in [0.1, 0.15) is 0 Å². The number of hydrogen-bond acceptors (Lipinski definition) is 2. The third kappa shape index (κ3) is 4.96. The van der Waals surface area contributed by atoms with Crippen molar-refractivity contribution in [1.82, 2.24) is 0 Å². The average molecular weight is 346 g/mol. The summed E-state index contributed by atoms with van der Waals surface area (Å²) in [5.41, 5.74) is -0.185. The highest BCUT2D eigenvalue weighted by Gasteiger charge is 2.30. The summed E-state index contributed by atoms with van der Waals surface area (Å²) >= 11 is 6.84. The van der Waals surface area contributed by atoms with Gasteiger partial charge in [-0.2, -0.15) is 13.2 Å². The number of rotatable bonds is 4. The summed E-state index contributed by atoms with van der Waals surface area (Å²) in [6.07, 6.45) is -4.39. The van der Waals surface area contributed by atoms with Crippen molar-refractivity contribution in [3.63, 3.8) is 0 Å². The maximum absolute atomic E-state index is 12.6. The van der Waals surface area contributed by atoms with Crippen LogP contribution in [0.1, 0.15) is 5.56 Å². The van der Waals surface area contributed by atoms with Crippen LogP contribution < -0.4 is 5.32 Å². The smallest absolute Gasteiger partial charge is 0.325 e. The SMILES string of the molecule is O=C(CSc1cccc(C(F)(F)F)c1)Nc1cccc(Cl)c1. The fourth-order valence-corrected chi connectivity index (χ4v) is 2.62. The van der Waals surface area contributed by atoms with E-state index in [2.05, 4.69) is 5.32 Å². The molecule has 0 spiro atoms. The first-order valence-electron chi connectivity index (χ1n) is 6.20. The fourth-order valence-electron chi connectivity index (χ4n) is 1.67. The predicted molar refractivity (Wildman–Crippen MR) is 82.2 cm³/mol. The molecule has 0 bridgehead atoms. The van der Waals surface area contributed by atoms with E-state index in [1.807, 2.05) is 0 Å². The normalized spacial score (nSPS) is 11.3. The molecule has 0 aliphatic rings. The maximum Gasteiger partial charge on any atom is 0.416 e. The van der Waals surface area contributed by atoms with Crippen LogP contribution in [0, 0.1) is 0 Å². The van der Waals surface area contributed by atoms with Crippen LogP contribution in [0.3, 0.4) is 0 Å². The van der Waals surface area contributed by atoms with E-state index in [9.17, 15) is 18.0 Å². The summed E-state index contributed by atoms with van der Waals surface area (Å²) in [6, 6.07) is 11.5. The Morgan fingerprint density at radius 2 is 1.86 bits per heavy atom. The number of hydrogen-bond donors (Lipinski definition) is 1. The van der Waals surface area contributed by atoms with Gasteiger partial charge in [0.15, 0.2) is 0 Å². The lowest BCUT2D eigenvalue weighted by molar-refractivity contribution is -0.137. The monoisotopic (exact) mass is 345 g/mol. The second kappa shape index (κ2) is 7.07. The van der Waals surface area contributed by atoms with Crippen molar-refractivity contribution in [1.29, 1.82) is 0 Å². The number of benzene rings is 2. The van der Waals surface area contributed by atoms with Crippen molar-refractivity contribution in [3.8, 4) is 0 Å². The lowest BCUT2D eigenvalue weighted by atomic mass is 10.2. The number of nitrogens with one attached hydrogen (secondary N) is 1. The molecule has 2 nitrogen and oxygen atoms in total. The van der Waals surface area contributed by atoms with Gasteiger partial charge in [0.05, 0.1) is 11.3 Å². The molecule has 0 unspecified atom stereocenters. The molecule has 0 heterocycles. The van der Waals surface area contributed by atoms with Gasteiger partial charge in [0, 0.05) is 15.6 Å². The Morgan fingerprint density at radius 1 is 1.14 bits per heavy atom. The van der Waals surface area contributed by atoms with Gasteiger partial charge < -0.3 is 5.32 Å². The van der Waals surface area contributed by atoms with Crippen molar-refractivity contribution >= 4 is 35.0 Å². The molecule has 0 saturated heterocycles. The fraction of sp³-hybridized carbons (Fsp3) is 0.133. The second-order valence-corrected chi connectivity index (χ2v) is 5.86. The molecule has 0 aromatic heterocycles. The molecule has 2 aromatic rings. The highest BCUT2D eigenvalue weighted by Crippen LogP contribution is 2.31. The van der Waals surface area contributed by atoms with Gasteiger partial charge in [-0.15, -0.1) is 11.8 Å². The Hall–Kier alpha value is -1.66. The Balaban J connectivity index is 1.94. The van der Waals surface area contributed by atoms with Crippen LogP contribution in [0.4, 0.5) is 18.9 Å². The molecule has 1 amide bonds. The van der Waals surface area contributed by atoms with E-state index < -0.39 is 11.7 Å². The molecule has 7 heteroatoms. The van der Waals surface area contributed by atoms with Crippen molar-refractivity contribution in [2.24, 2.45) is 0 Å². The summed E-state index contributed by atoms with van der Waals surface area (Å²) < 4.78 is 37.8. The maximum atomic E-state index is 12.6. The number of alkyl halides is 3. The highest BCUT2D eigenvalue weighted by molar-refractivity contribution is 8.00. The number of carbonyl (C=O) groups excluding carboxylic acids is 1. The Kier molecular flexibility index (Phi) is 5.37. The van der Waals surface area contributed by atoms with Gasteiger partial charge in [0.2, 0.25) is 5.91 Å². The molecular weight excluding hydrogens is 335 g/mol. The van der Waals surface area contributed by atoms with Gasteiger partial charge in [0.25, 0.3) is 0 Å². The first kappa shape index (κ1) is 16.7. The highest BCUT2D eigenvalue weighted by atomic mass is 35.5. The molecule has 0 radical (unpaired) electrons. The Bertz CT molecular complexity index is 676. The Morgan fingerprint density at radius 3 is 2.55 bits per heavy atom. The number of halogens is 4. The first-order chi connectivity index (χ1) is 10.3. The minimum absolute atomic E-state index is 0.00776. The van der Waals surface area contributed by atoms with Crippen molar-refractivity contribution in [2.75, 3.05) is 11.1 Å². The number of carbonyl (C=O) groups is 1. The van der Waals surface area contributed by atoms with E-state index in [1.54, 1.807) is 24.3 Å². The zero-order valence-corrected chi connectivity index (χ0v) is 12.7. The topological polar surface area (TPSA) is 29.1 Å². The van der Waals surface area contributed by atoms with E-state index in [0.29, 0.717) is 15.6 Å². The lowest BCUT2D eigenvalue weighted by Crippen LogP contribution is -2.14. The van der Waals surface area contributed by atoms with Gasteiger partial charge in [-0.05, 0) is 36.4 Å². The molecule has 0 aliphatic heterocycles. The molecule has 0 aliphatic carbocycles. The summed E-state index contributed by atoms with van der Waals surface area (Å²) in [6.45, 7) is 0. The van der Waals surface area contributed by atoms with E-state index in [1.165, 1.54) is 12.1 Å². The Labute approximate surface area is 134 Å². The summed E-state index contributed by atoms with van der Waals surface area (Å²) in [7, 11) is 0. The minimum atomic E-state index is -4.39. The molecule has 1 N–H and O–H groups in total. The molecule has 0 saturated carbocycles. The van der Waals surface area contributed by atoms with E-state index >= 15 is 0 Å². The van der Waals surface area contributed by atoms with Crippen LogP contribution >= 0.6 is 23.4 Å². The van der Waals surface area contributed by atoms with Crippen LogP contribution in [-0.4, -0.2) is 11.7 Å². The number of amides is 1. The molecule has 22 heavy (non-hydrogen) atoms. The zero-order valence-electron chi connectivity index (χ0n) is 11.2. The lowest BCUT2D eigenvalue weighted by Gasteiger charge is -2.09. The van der Waals surface area contributed by atoms with Gasteiger partial charge >= 0.3 is 6.18 Å². The van der Waals surface area contributed by atoms with Crippen LogP contribution in [-0.2, 0) is 11.0 Å². The van der Waals surface area contributed by atoms with Crippen LogP contribution in [0.15, 0.2) is 53.4 Å². The van der Waals surface area contributed by atoms with E-state index in [4.69, 9.17) is 11.6 Å². The minimum Gasteiger partial charge on any atom is -0.325 e. The van der Waals surface area contributed by atoms with Gasteiger partial charge in [-0.1, -0.05) is 23.7 Å². The molecule has 116 valence electrons. The quantitative estimate of drug-likeness (QED) is 0.782. The largest absolute Gasteiger partial charge is 0.416 e.